The van der Waals surface area contributed by atoms with E-state index >= 15 is 0 Å². The van der Waals surface area contributed by atoms with Crippen LogP contribution in [-0.4, -0.2) is 0 Å². The first-order chi connectivity index (χ1) is 6.49. The van der Waals surface area contributed by atoms with Gasteiger partial charge in [-0.1, -0.05) is 60.8 Å². The molecule has 0 amide bonds. The summed E-state index contributed by atoms with van der Waals surface area (Å²) in [5.74, 6) is 3.58. The molecule has 0 aliphatic carbocycles. The lowest BCUT2D eigenvalue weighted by molar-refractivity contribution is 0.281. The van der Waals surface area contributed by atoms with E-state index in [0.717, 1.165) is 23.7 Å². The van der Waals surface area contributed by atoms with E-state index in [9.17, 15) is 0 Å². The summed E-state index contributed by atoms with van der Waals surface area (Å²) < 4.78 is 0. The summed E-state index contributed by atoms with van der Waals surface area (Å²) in [4.78, 5) is 0. The van der Waals surface area contributed by atoms with Crippen molar-refractivity contribution < 1.29 is 0 Å². The van der Waals surface area contributed by atoms with Crippen LogP contribution in [0.5, 0.6) is 0 Å². The largest absolute Gasteiger partial charge is 0.0654 e. The quantitative estimate of drug-likeness (QED) is 0.532. The van der Waals surface area contributed by atoms with Crippen LogP contribution in [0.4, 0.5) is 0 Å². The van der Waals surface area contributed by atoms with Crippen LogP contribution in [0.3, 0.4) is 0 Å². The summed E-state index contributed by atoms with van der Waals surface area (Å²) in [7, 11) is 0. The monoisotopic (exact) mass is 198 g/mol. The molecule has 0 heterocycles. The lowest BCUT2D eigenvalue weighted by atomic mass is 9.83. The fourth-order valence-electron chi connectivity index (χ4n) is 1.99. The van der Waals surface area contributed by atoms with Crippen LogP contribution >= 0.6 is 0 Å². The maximum Gasteiger partial charge on any atom is -0.0391 e. The molecule has 0 spiro atoms. The van der Waals surface area contributed by atoms with Crippen molar-refractivity contribution in [2.24, 2.45) is 23.7 Å². The fraction of sp³-hybridized carbons (Fsp3) is 1.00. The van der Waals surface area contributed by atoms with Crippen molar-refractivity contribution in [1.29, 1.82) is 0 Å². The molecule has 0 aromatic heterocycles. The lowest BCUT2D eigenvalue weighted by Crippen LogP contribution is -2.12. The van der Waals surface area contributed by atoms with Gasteiger partial charge in [0, 0.05) is 0 Å². The molecular weight excluding hydrogens is 168 g/mol. The Balaban J connectivity index is 3.81. The Kier molecular flexibility index (Phi) is 7.31. The molecular formula is C14H30. The van der Waals surface area contributed by atoms with E-state index in [4.69, 9.17) is 0 Å². The molecule has 0 fully saturated rings. The highest BCUT2D eigenvalue weighted by atomic mass is 14.2. The highest BCUT2D eigenvalue weighted by Crippen LogP contribution is 2.26. The van der Waals surface area contributed by atoms with E-state index in [1.165, 1.54) is 25.7 Å². The zero-order valence-electron chi connectivity index (χ0n) is 11.1. The summed E-state index contributed by atoms with van der Waals surface area (Å²) >= 11 is 0. The smallest absolute Gasteiger partial charge is 0.0391 e. The Morgan fingerprint density at radius 3 is 1.64 bits per heavy atom. The third-order valence-corrected chi connectivity index (χ3v) is 3.73. The van der Waals surface area contributed by atoms with Crippen molar-refractivity contribution in [1.82, 2.24) is 0 Å². The van der Waals surface area contributed by atoms with Gasteiger partial charge in [0.05, 0.1) is 0 Å². The SMILES string of the molecule is CCCC(CCC(C)C(C)C)C(C)C. The van der Waals surface area contributed by atoms with Crippen LogP contribution < -0.4 is 0 Å². The molecule has 0 bridgehead atoms. The van der Waals surface area contributed by atoms with Gasteiger partial charge in [0.2, 0.25) is 0 Å². The van der Waals surface area contributed by atoms with Crippen LogP contribution in [-0.2, 0) is 0 Å². The van der Waals surface area contributed by atoms with Gasteiger partial charge in [0.15, 0.2) is 0 Å². The molecule has 0 heteroatoms. The van der Waals surface area contributed by atoms with Crippen molar-refractivity contribution in [3.05, 3.63) is 0 Å². The second-order valence-corrected chi connectivity index (χ2v) is 5.59. The van der Waals surface area contributed by atoms with Gasteiger partial charge < -0.3 is 0 Å². The first-order valence-electron chi connectivity index (χ1n) is 6.49. The van der Waals surface area contributed by atoms with E-state index in [2.05, 4.69) is 41.5 Å². The molecule has 2 unspecified atom stereocenters. The third-order valence-electron chi connectivity index (χ3n) is 3.73. The predicted molar refractivity (Wildman–Crippen MR) is 66.5 cm³/mol. The topological polar surface area (TPSA) is 0 Å². The average molecular weight is 198 g/mol. The van der Waals surface area contributed by atoms with Gasteiger partial charge in [-0.3, -0.25) is 0 Å². The molecule has 86 valence electrons. The minimum absolute atomic E-state index is 0.851. The van der Waals surface area contributed by atoms with Crippen LogP contribution in [0.25, 0.3) is 0 Å². The van der Waals surface area contributed by atoms with E-state index in [1.54, 1.807) is 0 Å². The van der Waals surface area contributed by atoms with Gasteiger partial charge in [-0.15, -0.1) is 0 Å². The van der Waals surface area contributed by atoms with E-state index in [0.29, 0.717) is 0 Å². The normalized spacial score (nSPS) is 16.3. The van der Waals surface area contributed by atoms with Crippen molar-refractivity contribution in [3.8, 4) is 0 Å². The Morgan fingerprint density at radius 2 is 1.29 bits per heavy atom. The van der Waals surface area contributed by atoms with Crippen LogP contribution in [0.15, 0.2) is 0 Å². The third kappa shape index (κ3) is 5.67. The second kappa shape index (κ2) is 7.31. The van der Waals surface area contributed by atoms with Crippen molar-refractivity contribution >= 4 is 0 Å². The van der Waals surface area contributed by atoms with Gasteiger partial charge >= 0.3 is 0 Å². The molecule has 0 aliphatic heterocycles. The Morgan fingerprint density at radius 1 is 0.714 bits per heavy atom. The maximum atomic E-state index is 2.40. The van der Waals surface area contributed by atoms with E-state index in [-0.39, 0.29) is 0 Å². The molecule has 0 aliphatic rings. The van der Waals surface area contributed by atoms with Gasteiger partial charge in [-0.2, -0.15) is 0 Å². The zero-order valence-corrected chi connectivity index (χ0v) is 11.1. The van der Waals surface area contributed by atoms with Crippen molar-refractivity contribution in [2.45, 2.75) is 67.2 Å². The second-order valence-electron chi connectivity index (χ2n) is 5.59. The Labute approximate surface area is 91.5 Å². The summed E-state index contributed by atoms with van der Waals surface area (Å²) in [6, 6.07) is 0. The summed E-state index contributed by atoms with van der Waals surface area (Å²) in [6.45, 7) is 14.1. The standard InChI is InChI=1S/C14H30/c1-7-8-14(12(4)5)10-9-13(6)11(2)3/h11-14H,7-10H2,1-6H3. The first-order valence-corrected chi connectivity index (χ1v) is 6.49. The number of hydrogen-bond acceptors (Lipinski definition) is 0. The molecule has 0 rings (SSSR count). The molecule has 0 N–H and O–H groups in total. The average Bonchev–Trinajstić information content (AvgIpc) is 2.10. The highest BCUT2D eigenvalue weighted by molar-refractivity contribution is 4.66. The molecule has 14 heavy (non-hydrogen) atoms. The molecule has 0 aromatic rings. The van der Waals surface area contributed by atoms with Crippen molar-refractivity contribution in [2.75, 3.05) is 0 Å². The Bertz CT molecular complexity index is 124. The molecule has 0 radical (unpaired) electrons. The molecule has 2 atom stereocenters. The summed E-state index contributed by atoms with van der Waals surface area (Å²) in [5.41, 5.74) is 0. The maximum absolute atomic E-state index is 2.40. The van der Waals surface area contributed by atoms with Crippen LogP contribution in [0.2, 0.25) is 0 Å². The summed E-state index contributed by atoms with van der Waals surface area (Å²) in [5, 5.41) is 0. The molecule has 0 nitrogen and oxygen atoms in total. The van der Waals surface area contributed by atoms with Gasteiger partial charge in [0.25, 0.3) is 0 Å². The minimum Gasteiger partial charge on any atom is -0.0654 e. The summed E-state index contributed by atoms with van der Waals surface area (Å²) in [6.07, 6.45) is 5.62. The Hall–Kier alpha value is 0. The van der Waals surface area contributed by atoms with E-state index in [1.807, 2.05) is 0 Å². The lowest BCUT2D eigenvalue weighted by Gasteiger charge is -2.23. The molecule has 0 aromatic carbocycles. The minimum atomic E-state index is 0.851. The van der Waals surface area contributed by atoms with Gasteiger partial charge in [-0.25, -0.2) is 0 Å². The van der Waals surface area contributed by atoms with E-state index < -0.39 is 0 Å². The predicted octanol–water partition coefficient (Wildman–Crippen LogP) is 5.13. The highest BCUT2D eigenvalue weighted by Gasteiger charge is 2.15. The number of hydrogen-bond donors (Lipinski definition) is 0. The van der Waals surface area contributed by atoms with Crippen molar-refractivity contribution in [3.63, 3.8) is 0 Å². The van der Waals surface area contributed by atoms with Crippen LogP contribution in [0.1, 0.15) is 67.2 Å². The fourth-order valence-corrected chi connectivity index (χ4v) is 1.99. The zero-order chi connectivity index (χ0) is 11.1. The van der Waals surface area contributed by atoms with Crippen LogP contribution in [0, 0.1) is 23.7 Å². The first kappa shape index (κ1) is 14.0. The van der Waals surface area contributed by atoms with Gasteiger partial charge in [-0.05, 0) is 30.1 Å². The molecule has 0 saturated heterocycles. The molecule has 0 saturated carbocycles. The van der Waals surface area contributed by atoms with Gasteiger partial charge in [0.1, 0.15) is 0 Å². The number of rotatable bonds is 7.